The summed E-state index contributed by atoms with van der Waals surface area (Å²) in [6.07, 6.45) is 4.21. The Kier molecular flexibility index (Phi) is 4.42. The molecule has 2 aromatic rings. The summed E-state index contributed by atoms with van der Waals surface area (Å²) in [6.45, 7) is 6.45. The number of hydrogen-bond donors (Lipinski definition) is 0. The van der Waals surface area contributed by atoms with E-state index in [1.165, 1.54) is 17.5 Å². The van der Waals surface area contributed by atoms with Gasteiger partial charge >= 0.3 is 0 Å². The summed E-state index contributed by atoms with van der Waals surface area (Å²) in [5.74, 6) is 0. The second-order valence-electron chi connectivity index (χ2n) is 5.82. The van der Waals surface area contributed by atoms with Crippen molar-refractivity contribution in [3.8, 4) is 0 Å². The minimum Gasteiger partial charge on any atom is -0.269 e. The Balaban J connectivity index is 2.11. The van der Waals surface area contributed by atoms with Crippen molar-refractivity contribution < 1.29 is 0 Å². The molecule has 0 saturated heterocycles. The Labute approximate surface area is 138 Å². The van der Waals surface area contributed by atoms with Crippen molar-refractivity contribution in [2.24, 2.45) is 5.10 Å². The minimum atomic E-state index is 0.926. The van der Waals surface area contributed by atoms with Crippen LogP contribution in [0.2, 0.25) is 0 Å². The molecule has 0 aromatic heterocycles. The maximum Gasteiger partial charge on any atom is 0.0604 e. The maximum absolute atomic E-state index is 4.44. The summed E-state index contributed by atoms with van der Waals surface area (Å²) in [6, 6.07) is 19.2. The highest BCUT2D eigenvalue weighted by Gasteiger charge is 2.19. The summed E-state index contributed by atoms with van der Waals surface area (Å²) >= 11 is 0. The third-order valence-corrected chi connectivity index (χ3v) is 4.17. The van der Waals surface area contributed by atoms with Crippen molar-refractivity contribution in [3.05, 3.63) is 83.6 Å². The number of benzene rings is 2. The molecule has 0 amide bonds. The molecule has 23 heavy (non-hydrogen) atoms. The predicted octanol–water partition coefficient (Wildman–Crippen LogP) is 4.99. The van der Waals surface area contributed by atoms with Crippen molar-refractivity contribution in [1.82, 2.24) is 5.01 Å². The molecule has 0 unspecified atom stereocenters. The van der Waals surface area contributed by atoms with Gasteiger partial charge < -0.3 is 0 Å². The number of rotatable bonds is 4. The fourth-order valence-corrected chi connectivity index (χ4v) is 2.88. The normalized spacial score (nSPS) is 14.5. The summed E-state index contributed by atoms with van der Waals surface area (Å²) in [5, 5.41) is 6.28. The zero-order valence-electron chi connectivity index (χ0n) is 13.8. The number of nitrogens with zero attached hydrogens (tertiary/aromatic N) is 2. The van der Waals surface area contributed by atoms with E-state index in [9.17, 15) is 0 Å². The number of allylic oxidation sites excluding steroid dienone is 2. The van der Waals surface area contributed by atoms with Crippen LogP contribution < -0.4 is 0 Å². The van der Waals surface area contributed by atoms with E-state index < -0.39 is 0 Å². The lowest BCUT2D eigenvalue weighted by molar-refractivity contribution is 0.468. The summed E-state index contributed by atoms with van der Waals surface area (Å²) in [7, 11) is 1.94. The van der Waals surface area contributed by atoms with Crippen LogP contribution in [0.4, 0.5) is 0 Å². The molecular weight excluding hydrogens is 280 g/mol. The molecule has 2 heteroatoms. The first kappa shape index (κ1) is 15.3. The zero-order valence-corrected chi connectivity index (χ0v) is 13.8. The Morgan fingerprint density at radius 2 is 1.65 bits per heavy atom. The van der Waals surface area contributed by atoms with Gasteiger partial charge in [-0.25, -0.2) is 0 Å². The number of aryl methyl sites for hydroxylation is 1. The Bertz CT molecular complexity index is 752. The molecule has 2 aromatic carbocycles. The van der Waals surface area contributed by atoms with E-state index in [0.717, 1.165) is 28.8 Å². The fourth-order valence-electron chi connectivity index (χ4n) is 2.88. The molecule has 0 radical (unpaired) electrons. The van der Waals surface area contributed by atoms with Gasteiger partial charge in [0.25, 0.3) is 0 Å². The lowest BCUT2D eigenvalue weighted by Crippen LogP contribution is -2.17. The van der Waals surface area contributed by atoms with Gasteiger partial charge in [0, 0.05) is 18.2 Å². The second kappa shape index (κ2) is 6.66. The van der Waals surface area contributed by atoms with Gasteiger partial charge in [0.1, 0.15) is 0 Å². The molecule has 0 N–H and O–H groups in total. The summed E-state index contributed by atoms with van der Waals surface area (Å²) in [5.41, 5.74) is 6.93. The van der Waals surface area contributed by atoms with Crippen LogP contribution >= 0.6 is 0 Å². The molecule has 1 aliphatic rings. The van der Waals surface area contributed by atoms with Crippen molar-refractivity contribution in [2.45, 2.75) is 19.8 Å². The first-order chi connectivity index (χ1) is 11.2. The van der Waals surface area contributed by atoms with E-state index in [-0.39, 0.29) is 0 Å². The van der Waals surface area contributed by atoms with Crippen LogP contribution in [0.1, 0.15) is 30.0 Å². The zero-order chi connectivity index (χ0) is 16.2. The molecular formula is C21H22N2. The predicted molar refractivity (Wildman–Crippen MR) is 99.1 cm³/mol. The van der Waals surface area contributed by atoms with Crippen LogP contribution in [0.5, 0.6) is 0 Å². The highest BCUT2D eigenvalue weighted by molar-refractivity contribution is 6.22. The molecule has 0 aliphatic carbocycles. The average molecular weight is 302 g/mol. The summed E-state index contributed by atoms with van der Waals surface area (Å²) in [4.78, 5) is 0. The van der Waals surface area contributed by atoms with E-state index in [1.54, 1.807) is 0 Å². The number of hydrogen-bond acceptors (Lipinski definition) is 2. The molecule has 1 heterocycles. The third-order valence-electron chi connectivity index (χ3n) is 4.17. The Morgan fingerprint density at radius 3 is 2.30 bits per heavy atom. The number of likely N-dealkylation sites (N-methyl/N-ethyl adjacent to an activating group) is 1. The van der Waals surface area contributed by atoms with Crippen LogP contribution in [0, 0.1) is 0 Å². The molecule has 0 spiro atoms. The first-order valence-electron chi connectivity index (χ1n) is 8.06. The Morgan fingerprint density at radius 1 is 0.957 bits per heavy atom. The van der Waals surface area contributed by atoms with Gasteiger partial charge in [-0.3, -0.25) is 5.01 Å². The molecule has 0 bridgehead atoms. The van der Waals surface area contributed by atoms with Crippen molar-refractivity contribution in [2.75, 3.05) is 7.05 Å². The Hall–Kier alpha value is -2.61. The van der Waals surface area contributed by atoms with Crippen LogP contribution in [-0.4, -0.2) is 18.3 Å². The number of hydrazone groups is 1. The monoisotopic (exact) mass is 302 g/mol. The van der Waals surface area contributed by atoms with Gasteiger partial charge in [-0.1, -0.05) is 74.5 Å². The maximum atomic E-state index is 4.44. The van der Waals surface area contributed by atoms with E-state index in [1.807, 2.05) is 24.3 Å². The topological polar surface area (TPSA) is 15.6 Å². The molecule has 0 fully saturated rings. The SMILES string of the molecule is C=C1C(c2ccc(CCC)cc2)=C(c2ccccc2)C=NN1C. The van der Waals surface area contributed by atoms with E-state index in [0.29, 0.717) is 0 Å². The van der Waals surface area contributed by atoms with Crippen molar-refractivity contribution >= 4 is 17.4 Å². The molecule has 0 saturated carbocycles. The van der Waals surface area contributed by atoms with Crippen molar-refractivity contribution in [1.29, 1.82) is 0 Å². The van der Waals surface area contributed by atoms with Gasteiger partial charge in [0.2, 0.25) is 0 Å². The quantitative estimate of drug-likeness (QED) is 0.776. The molecule has 116 valence electrons. The van der Waals surface area contributed by atoms with Crippen molar-refractivity contribution in [3.63, 3.8) is 0 Å². The fraction of sp³-hybridized carbons (Fsp3) is 0.190. The van der Waals surface area contributed by atoms with Gasteiger partial charge in [-0.05, 0) is 23.1 Å². The van der Waals surface area contributed by atoms with Crippen LogP contribution in [0.25, 0.3) is 11.1 Å². The molecule has 2 nitrogen and oxygen atoms in total. The molecule has 3 rings (SSSR count). The lowest BCUT2D eigenvalue weighted by Gasteiger charge is -2.26. The van der Waals surface area contributed by atoms with Crippen LogP contribution in [0.15, 0.2) is 72.0 Å². The smallest absolute Gasteiger partial charge is 0.0604 e. The van der Waals surface area contributed by atoms with Crippen LogP contribution in [-0.2, 0) is 6.42 Å². The summed E-state index contributed by atoms with van der Waals surface area (Å²) < 4.78 is 0. The van der Waals surface area contributed by atoms with Crippen LogP contribution in [0.3, 0.4) is 0 Å². The average Bonchev–Trinajstić information content (AvgIpc) is 2.59. The van der Waals surface area contributed by atoms with Gasteiger partial charge in [0.15, 0.2) is 0 Å². The van der Waals surface area contributed by atoms with E-state index in [2.05, 4.69) is 67.1 Å². The highest BCUT2D eigenvalue weighted by Crippen LogP contribution is 2.34. The van der Waals surface area contributed by atoms with E-state index in [4.69, 9.17) is 0 Å². The first-order valence-corrected chi connectivity index (χ1v) is 8.06. The minimum absolute atomic E-state index is 0.926. The van der Waals surface area contributed by atoms with E-state index >= 15 is 0 Å². The van der Waals surface area contributed by atoms with Gasteiger partial charge in [0.05, 0.1) is 11.9 Å². The van der Waals surface area contributed by atoms with Gasteiger partial charge in [-0.2, -0.15) is 5.10 Å². The second-order valence-corrected chi connectivity index (χ2v) is 5.82. The standard InChI is InChI=1S/C21H22N2/c1-4-8-17-11-13-19(14-12-17)21-16(2)23(3)22-15-20(21)18-9-6-5-7-10-18/h5-7,9-15H,2,4,8H2,1,3H3. The lowest BCUT2D eigenvalue weighted by atomic mass is 9.91. The molecule has 1 aliphatic heterocycles. The van der Waals surface area contributed by atoms with Gasteiger partial charge in [-0.15, -0.1) is 0 Å². The largest absolute Gasteiger partial charge is 0.269 e. The highest BCUT2D eigenvalue weighted by atomic mass is 15.4. The third kappa shape index (κ3) is 3.11. The molecule has 0 atom stereocenters.